The van der Waals surface area contributed by atoms with E-state index in [1.165, 1.54) is 5.56 Å². The van der Waals surface area contributed by atoms with Crippen LogP contribution >= 0.6 is 0 Å². The Morgan fingerprint density at radius 1 is 0.968 bits per heavy atom. The summed E-state index contributed by atoms with van der Waals surface area (Å²) in [6, 6.07) is 20.7. The summed E-state index contributed by atoms with van der Waals surface area (Å²) in [7, 11) is 0. The van der Waals surface area contributed by atoms with E-state index >= 15 is 0 Å². The highest BCUT2D eigenvalue weighted by molar-refractivity contribution is 5.97. The van der Waals surface area contributed by atoms with Crippen LogP contribution in [0.1, 0.15) is 17.0 Å². The van der Waals surface area contributed by atoms with Gasteiger partial charge in [-0.1, -0.05) is 36.4 Å². The average Bonchev–Trinajstić information content (AvgIpc) is 3.18. The van der Waals surface area contributed by atoms with Gasteiger partial charge in [-0.15, -0.1) is 0 Å². The molecular weight excluding hydrogens is 384 g/mol. The average molecular weight is 404 g/mol. The SMILES string of the molecule is Cc1nc2cc(-c3ccc4ncc(C#N)c(NCCc5ccccc5)c4c3)cnc2[nH]1. The van der Waals surface area contributed by atoms with Gasteiger partial charge >= 0.3 is 0 Å². The molecule has 0 aliphatic rings. The molecular formula is C25H20N6. The molecule has 0 aliphatic carbocycles. The van der Waals surface area contributed by atoms with Gasteiger partial charge in [0.05, 0.1) is 16.8 Å². The summed E-state index contributed by atoms with van der Waals surface area (Å²) in [4.78, 5) is 16.6. The van der Waals surface area contributed by atoms with E-state index < -0.39 is 0 Å². The van der Waals surface area contributed by atoms with E-state index in [4.69, 9.17) is 0 Å². The van der Waals surface area contributed by atoms with E-state index in [2.05, 4.69) is 49.5 Å². The van der Waals surface area contributed by atoms with E-state index in [0.29, 0.717) is 5.56 Å². The molecule has 0 amide bonds. The zero-order valence-electron chi connectivity index (χ0n) is 17.1. The van der Waals surface area contributed by atoms with Crippen molar-refractivity contribution in [3.63, 3.8) is 0 Å². The van der Waals surface area contributed by atoms with Crippen molar-refractivity contribution in [2.75, 3.05) is 11.9 Å². The van der Waals surface area contributed by atoms with Crippen LogP contribution in [0.5, 0.6) is 0 Å². The first-order valence-corrected chi connectivity index (χ1v) is 10.1. The number of benzene rings is 2. The number of aromatic nitrogens is 4. The summed E-state index contributed by atoms with van der Waals surface area (Å²) in [6.45, 7) is 2.64. The molecule has 0 radical (unpaired) electrons. The van der Waals surface area contributed by atoms with E-state index in [0.717, 1.165) is 57.7 Å². The summed E-state index contributed by atoms with van der Waals surface area (Å²) in [5, 5.41) is 14.0. The molecule has 0 saturated carbocycles. The van der Waals surface area contributed by atoms with E-state index in [9.17, 15) is 5.26 Å². The third-order valence-corrected chi connectivity index (χ3v) is 5.34. The van der Waals surface area contributed by atoms with Crippen LogP contribution in [0.3, 0.4) is 0 Å². The molecule has 5 rings (SSSR count). The molecule has 31 heavy (non-hydrogen) atoms. The monoisotopic (exact) mass is 404 g/mol. The number of nitriles is 1. The fraction of sp³-hybridized carbons (Fsp3) is 0.120. The Bertz CT molecular complexity index is 1430. The van der Waals surface area contributed by atoms with Crippen LogP contribution in [0.4, 0.5) is 5.69 Å². The Morgan fingerprint density at radius 3 is 2.68 bits per heavy atom. The molecule has 0 aliphatic heterocycles. The van der Waals surface area contributed by atoms with Gasteiger partial charge in [0, 0.05) is 29.9 Å². The molecule has 150 valence electrons. The third kappa shape index (κ3) is 3.69. The Balaban J connectivity index is 1.52. The molecule has 0 bridgehead atoms. The topological polar surface area (TPSA) is 90.3 Å². The fourth-order valence-corrected chi connectivity index (χ4v) is 3.80. The number of anilines is 1. The largest absolute Gasteiger partial charge is 0.383 e. The van der Waals surface area contributed by atoms with Crippen molar-refractivity contribution < 1.29 is 0 Å². The number of aryl methyl sites for hydroxylation is 1. The first-order valence-electron chi connectivity index (χ1n) is 10.1. The van der Waals surface area contributed by atoms with Crippen LogP contribution in [0, 0.1) is 18.3 Å². The van der Waals surface area contributed by atoms with Gasteiger partial charge in [0.15, 0.2) is 5.65 Å². The van der Waals surface area contributed by atoms with Crippen molar-refractivity contribution in [1.29, 1.82) is 5.26 Å². The second kappa shape index (κ2) is 7.88. The first kappa shape index (κ1) is 18.8. The minimum absolute atomic E-state index is 0.536. The predicted molar refractivity (Wildman–Crippen MR) is 123 cm³/mol. The first-order chi connectivity index (χ1) is 15.2. The number of H-pyrrole nitrogens is 1. The molecule has 0 atom stereocenters. The molecule has 0 saturated heterocycles. The molecule has 6 nitrogen and oxygen atoms in total. The van der Waals surface area contributed by atoms with Crippen LogP contribution in [0.15, 0.2) is 67.0 Å². The Labute approximate surface area is 179 Å². The number of hydrogen-bond donors (Lipinski definition) is 2. The zero-order chi connectivity index (χ0) is 21.2. The summed E-state index contributed by atoms with van der Waals surface area (Å²) in [6.07, 6.45) is 4.34. The van der Waals surface area contributed by atoms with Crippen LogP contribution in [0.25, 0.3) is 33.2 Å². The van der Waals surface area contributed by atoms with Crippen molar-refractivity contribution in [3.05, 3.63) is 83.9 Å². The van der Waals surface area contributed by atoms with E-state index in [1.807, 2.05) is 49.5 Å². The van der Waals surface area contributed by atoms with Crippen LogP contribution in [-0.2, 0) is 6.42 Å². The quantitative estimate of drug-likeness (QED) is 0.430. The van der Waals surface area contributed by atoms with E-state index in [1.54, 1.807) is 6.20 Å². The smallest absolute Gasteiger partial charge is 0.157 e. The number of pyridine rings is 2. The molecule has 0 spiro atoms. The van der Waals surface area contributed by atoms with Crippen LogP contribution in [-0.4, -0.2) is 26.5 Å². The second-order valence-corrected chi connectivity index (χ2v) is 7.47. The van der Waals surface area contributed by atoms with Gasteiger partial charge in [-0.3, -0.25) is 4.98 Å². The molecule has 0 fully saturated rings. The zero-order valence-corrected chi connectivity index (χ0v) is 17.1. The van der Waals surface area contributed by atoms with Crippen molar-refractivity contribution in [2.24, 2.45) is 0 Å². The summed E-state index contributed by atoms with van der Waals surface area (Å²) >= 11 is 0. The van der Waals surface area contributed by atoms with Gasteiger partial charge in [0.1, 0.15) is 17.4 Å². The molecule has 6 heteroatoms. The highest BCUT2D eigenvalue weighted by Gasteiger charge is 2.11. The van der Waals surface area contributed by atoms with Crippen molar-refractivity contribution in [1.82, 2.24) is 19.9 Å². The Kier molecular flexibility index (Phi) is 4.77. The van der Waals surface area contributed by atoms with Crippen molar-refractivity contribution in [3.8, 4) is 17.2 Å². The Morgan fingerprint density at radius 2 is 1.84 bits per heavy atom. The number of hydrogen-bond acceptors (Lipinski definition) is 5. The van der Waals surface area contributed by atoms with Gasteiger partial charge in [0.25, 0.3) is 0 Å². The van der Waals surface area contributed by atoms with Gasteiger partial charge in [0.2, 0.25) is 0 Å². The number of nitrogens with zero attached hydrogens (tertiary/aromatic N) is 4. The maximum atomic E-state index is 9.65. The van der Waals surface area contributed by atoms with Gasteiger partial charge in [-0.05, 0) is 42.7 Å². The molecule has 3 heterocycles. The van der Waals surface area contributed by atoms with Crippen LogP contribution < -0.4 is 5.32 Å². The van der Waals surface area contributed by atoms with Gasteiger partial charge in [-0.2, -0.15) is 5.26 Å². The predicted octanol–water partition coefficient (Wildman–Crippen LogP) is 5.01. The lowest BCUT2D eigenvalue weighted by molar-refractivity contribution is 1.02. The fourth-order valence-electron chi connectivity index (χ4n) is 3.80. The second-order valence-electron chi connectivity index (χ2n) is 7.47. The van der Waals surface area contributed by atoms with Gasteiger partial charge in [-0.25, -0.2) is 9.97 Å². The number of imidazole rings is 1. The third-order valence-electron chi connectivity index (χ3n) is 5.34. The molecule has 2 N–H and O–H groups in total. The van der Waals surface area contributed by atoms with Crippen molar-refractivity contribution >= 4 is 27.8 Å². The van der Waals surface area contributed by atoms with Crippen LogP contribution in [0.2, 0.25) is 0 Å². The minimum atomic E-state index is 0.536. The lowest BCUT2D eigenvalue weighted by Gasteiger charge is -2.13. The van der Waals surface area contributed by atoms with Gasteiger partial charge < -0.3 is 10.3 Å². The summed E-state index contributed by atoms with van der Waals surface area (Å²) in [5.41, 5.74) is 7.03. The van der Waals surface area contributed by atoms with E-state index in [-0.39, 0.29) is 0 Å². The number of fused-ring (bicyclic) bond motifs is 2. The lowest BCUT2D eigenvalue weighted by Crippen LogP contribution is -2.07. The highest BCUT2D eigenvalue weighted by atomic mass is 15.0. The highest BCUT2D eigenvalue weighted by Crippen LogP contribution is 2.31. The maximum absolute atomic E-state index is 9.65. The molecule has 2 aromatic carbocycles. The summed E-state index contributed by atoms with van der Waals surface area (Å²) in [5.74, 6) is 0.839. The molecule has 5 aromatic rings. The standard InChI is InChI=1S/C25H20N6/c1-16-30-23-12-19(14-29-25(23)31-16)18-7-8-22-21(11-18)24(20(13-26)15-28-22)27-10-9-17-5-3-2-4-6-17/h2-8,11-12,14-15H,9-10H2,1H3,(H,27,28)(H,29,30,31). The normalized spacial score (nSPS) is 11.0. The van der Waals surface area contributed by atoms with Crippen molar-refractivity contribution in [2.45, 2.75) is 13.3 Å². The summed E-state index contributed by atoms with van der Waals surface area (Å²) < 4.78 is 0. The number of rotatable bonds is 5. The molecule has 0 unspecified atom stereocenters. The number of aromatic amines is 1. The lowest BCUT2D eigenvalue weighted by atomic mass is 10.0. The Hall–Kier alpha value is -4.24. The molecule has 3 aromatic heterocycles. The maximum Gasteiger partial charge on any atom is 0.157 e. The minimum Gasteiger partial charge on any atom is -0.383 e. The number of nitrogens with one attached hydrogen (secondary N) is 2.